The number of likely N-dealkylation sites (tertiary alicyclic amines) is 2. The van der Waals surface area contributed by atoms with Crippen LogP contribution in [0.5, 0.6) is 0 Å². The van der Waals surface area contributed by atoms with Gasteiger partial charge in [-0.25, -0.2) is 18.7 Å². The highest BCUT2D eigenvalue weighted by Crippen LogP contribution is 2.26. The molecule has 12 nitrogen and oxygen atoms in total. The summed E-state index contributed by atoms with van der Waals surface area (Å²) >= 11 is 0. The van der Waals surface area contributed by atoms with Crippen molar-refractivity contribution in [2.75, 3.05) is 33.2 Å². The maximum absolute atomic E-state index is 12.9. The maximum Gasteiger partial charge on any atom is 0.420 e. The summed E-state index contributed by atoms with van der Waals surface area (Å²) in [5.41, 5.74) is -0.181. The molecule has 0 bridgehead atoms. The number of hydrogen-bond donors (Lipinski definition) is 0. The lowest BCUT2D eigenvalue weighted by Gasteiger charge is -2.38. The summed E-state index contributed by atoms with van der Waals surface area (Å²) in [4.78, 5) is 49.2. The Morgan fingerprint density at radius 2 is 1.92 bits per heavy atom. The first-order chi connectivity index (χ1) is 18.0. The van der Waals surface area contributed by atoms with Gasteiger partial charge in [0.05, 0.1) is 32.4 Å². The quantitative estimate of drug-likeness (QED) is 0.440. The van der Waals surface area contributed by atoms with Crippen LogP contribution < -0.4 is 0 Å². The molecule has 2 fully saturated rings. The molecule has 4 rings (SSSR count). The first-order valence-corrected chi connectivity index (χ1v) is 12.7. The van der Waals surface area contributed by atoms with Gasteiger partial charge in [-0.05, 0) is 44.2 Å². The van der Waals surface area contributed by atoms with Crippen molar-refractivity contribution < 1.29 is 28.4 Å². The molecule has 0 aliphatic carbocycles. The average molecular weight is 525 g/mol. The molecule has 2 amide bonds. The van der Waals surface area contributed by atoms with Crippen LogP contribution in [-0.2, 0) is 14.3 Å². The number of nitrogens with zero attached hydrogens (tertiary/aromatic N) is 7. The molecule has 2 atom stereocenters. The highest BCUT2D eigenvalue weighted by molar-refractivity contribution is 5.91. The number of nitriles is 1. The SMILES string of the molecule is C[C@@H]1CCN(C(=O)CC#N)CC1C=[N+](C)c1ncnc2c1ccn2C(=O)OC1CN(C(=O)OC(C)(C)C)C1. The van der Waals surface area contributed by atoms with Gasteiger partial charge in [-0.1, -0.05) is 6.92 Å². The predicted octanol–water partition coefficient (Wildman–Crippen LogP) is 2.78. The normalized spacial score (nSPS) is 20.6. The fraction of sp³-hybridized carbons (Fsp3) is 0.577. The number of carbonyl (C=O) groups excluding carboxylic acids is 3. The third kappa shape index (κ3) is 5.93. The number of amides is 2. The summed E-state index contributed by atoms with van der Waals surface area (Å²) in [6.45, 7) is 9.27. The number of piperidine rings is 1. The number of hydrogen-bond acceptors (Lipinski definition) is 8. The Bertz CT molecular complexity index is 1300. The molecule has 0 N–H and O–H groups in total. The molecule has 0 radical (unpaired) electrons. The highest BCUT2D eigenvalue weighted by atomic mass is 16.6. The number of rotatable bonds is 4. The topological polar surface area (TPSA) is 134 Å². The van der Waals surface area contributed by atoms with E-state index in [4.69, 9.17) is 14.7 Å². The Labute approximate surface area is 221 Å². The lowest BCUT2D eigenvalue weighted by atomic mass is 9.87. The van der Waals surface area contributed by atoms with Crippen molar-refractivity contribution >= 4 is 41.2 Å². The minimum atomic E-state index is -0.589. The van der Waals surface area contributed by atoms with Gasteiger partial charge >= 0.3 is 18.0 Å². The minimum Gasteiger partial charge on any atom is -0.444 e. The van der Waals surface area contributed by atoms with Crippen LogP contribution in [0.4, 0.5) is 15.4 Å². The Morgan fingerprint density at radius 3 is 2.61 bits per heavy atom. The van der Waals surface area contributed by atoms with Crippen molar-refractivity contribution in [3.63, 3.8) is 0 Å². The fourth-order valence-electron chi connectivity index (χ4n) is 4.61. The molecule has 0 saturated carbocycles. The van der Waals surface area contributed by atoms with E-state index in [9.17, 15) is 14.4 Å². The Balaban J connectivity index is 1.45. The van der Waals surface area contributed by atoms with Crippen molar-refractivity contribution in [3.05, 3.63) is 18.6 Å². The van der Waals surface area contributed by atoms with E-state index in [0.29, 0.717) is 35.9 Å². The fourth-order valence-corrected chi connectivity index (χ4v) is 4.61. The zero-order valence-corrected chi connectivity index (χ0v) is 22.5. The first-order valence-electron chi connectivity index (χ1n) is 12.7. The van der Waals surface area contributed by atoms with Gasteiger partial charge in [0.25, 0.3) is 0 Å². The molecular formula is C26H34N7O5+. The number of carbonyl (C=O) groups is 3. The molecule has 2 saturated heterocycles. The van der Waals surface area contributed by atoms with Gasteiger partial charge in [0.15, 0.2) is 5.65 Å². The van der Waals surface area contributed by atoms with E-state index in [2.05, 4.69) is 16.9 Å². The van der Waals surface area contributed by atoms with Crippen LogP contribution in [0.2, 0.25) is 0 Å². The van der Waals surface area contributed by atoms with Gasteiger partial charge in [0.2, 0.25) is 12.2 Å². The molecule has 2 aliphatic rings. The Hall–Kier alpha value is -4.01. The third-order valence-corrected chi connectivity index (χ3v) is 6.77. The first kappa shape index (κ1) is 27.0. The lowest BCUT2D eigenvalue weighted by molar-refractivity contribution is -0.405. The number of ether oxygens (including phenoxy) is 2. The molecule has 1 unspecified atom stereocenters. The molecule has 12 heteroatoms. The van der Waals surface area contributed by atoms with Crippen molar-refractivity contribution in [3.8, 4) is 6.07 Å². The van der Waals surface area contributed by atoms with Crippen LogP contribution in [0.3, 0.4) is 0 Å². The smallest absolute Gasteiger partial charge is 0.420 e. The van der Waals surface area contributed by atoms with Crippen LogP contribution in [-0.4, -0.2) is 98.2 Å². The number of fused-ring (bicyclic) bond motifs is 1. The van der Waals surface area contributed by atoms with E-state index in [1.54, 1.807) is 37.9 Å². The maximum atomic E-state index is 12.9. The summed E-state index contributed by atoms with van der Waals surface area (Å²) in [6.07, 6.45) is 4.31. The average Bonchev–Trinajstić information content (AvgIpc) is 3.25. The van der Waals surface area contributed by atoms with E-state index < -0.39 is 23.9 Å². The molecule has 38 heavy (non-hydrogen) atoms. The molecule has 0 aromatic carbocycles. The zero-order chi connectivity index (χ0) is 27.6. The second-order valence-electron chi connectivity index (χ2n) is 10.9. The lowest BCUT2D eigenvalue weighted by Crippen LogP contribution is -2.56. The van der Waals surface area contributed by atoms with Gasteiger partial charge < -0.3 is 19.3 Å². The van der Waals surface area contributed by atoms with Crippen LogP contribution in [0, 0.1) is 23.2 Å². The van der Waals surface area contributed by atoms with Gasteiger partial charge in [-0.15, -0.1) is 0 Å². The molecular weight excluding hydrogens is 490 g/mol. The molecule has 2 aliphatic heterocycles. The Kier molecular flexibility index (Phi) is 7.66. The monoisotopic (exact) mass is 524 g/mol. The van der Waals surface area contributed by atoms with Crippen molar-refractivity contribution in [1.82, 2.24) is 24.3 Å². The van der Waals surface area contributed by atoms with Gasteiger partial charge in [-0.3, -0.25) is 4.79 Å². The summed E-state index contributed by atoms with van der Waals surface area (Å²) in [5.74, 6) is 0.901. The van der Waals surface area contributed by atoms with E-state index in [1.165, 1.54) is 15.8 Å². The van der Waals surface area contributed by atoms with Crippen LogP contribution in [0.1, 0.15) is 40.5 Å². The summed E-state index contributed by atoms with van der Waals surface area (Å²) in [6, 6.07) is 3.69. The van der Waals surface area contributed by atoms with Gasteiger partial charge in [0.1, 0.15) is 23.5 Å². The predicted molar refractivity (Wildman–Crippen MR) is 137 cm³/mol. The number of aromatic nitrogens is 3. The zero-order valence-electron chi connectivity index (χ0n) is 22.5. The Morgan fingerprint density at radius 1 is 1.18 bits per heavy atom. The van der Waals surface area contributed by atoms with Crippen molar-refractivity contribution in [1.29, 1.82) is 5.26 Å². The third-order valence-electron chi connectivity index (χ3n) is 6.77. The molecule has 4 heterocycles. The van der Waals surface area contributed by atoms with Crippen molar-refractivity contribution in [2.24, 2.45) is 11.8 Å². The molecule has 0 spiro atoms. The van der Waals surface area contributed by atoms with Gasteiger partial charge in [-0.2, -0.15) is 10.2 Å². The van der Waals surface area contributed by atoms with Crippen LogP contribution in [0.25, 0.3) is 11.0 Å². The summed E-state index contributed by atoms with van der Waals surface area (Å²) in [7, 11) is 1.87. The second-order valence-corrected chi connectivity index (χ2v) is 10.9. The summed E-state index contributed by atoms with van der Waals surface area (Å²) < 4.78 is 14.1. The largest absolute Gasteiger partial charge is 0.444 e. The van der Waals surface area contributed by atoms with Crippen molar-refractivity contribution in [2.45, 2.75) is 52.2 Å². The van der Waals surface area contributed by atoms with E-state index >= 15 is 0 Å². The summed E-state index contributed by atoms with van der Waals surface area (Å²) in [5, 5.41) is 9.55. The second kappa shape index (κ2) is 10.8. The van der Waals surface area contributed by atoms with E-state index in [1.807, 2.05) is 23.9 Å². The van der Waals surface area contributed by atoms with E-state index in [0.717, 1.165) is 6.42 Å². The standard InChI is InChI=1S/C26H34N7O5/c1-17-7-10-31(21(34)6-9-27)13-18(17)12-30(5)22-20-8-11-33(23(20)29-16-28-22)25(36)37-19-14-32(15-19)24(35)38-26(2,3)4/h8,11-12,16-19H,6-7,10,13-15H2,1-5H3/q+1/t17-,18?/m1/s1. The van der Waals surface area contributed by atoms with Crippen LogP contribution in [0.15, 0.2) is 18.6 Å². The molecule has 2 aromatic heterocycles. The van der Waals surface area contributed by atoms with Gasteiger partial charge in [0, 0.05) is 25.2 Å². The molecule has 2 aromatic rings. The molecule has 202 valence electrons. The van der Waals surface area contributed by atoms with E-state index in [-0.39, 0.29) is 31.3 Å². The van der Waals surface area contributed by atoms with Crippen LogP contribution >= 0.6 is 0 Å². The highest BCUT2D eigenvalue weighted by Gasteiger charge is 2.37. The minimum absolute atomic E-state index is 0.0833.